The van der Waals surface area contributed by atoms with Gasteiger partial charge in [0.05, 0.1) is 47.9 Å². The summed E-state index contributed by atoms with van der Waals surface area (Å²) in [6.45, 7) is 2.69. The van der Waals surface area contributed by atoms with E-state index in [4.69, 9.17) is 14.5 Å². The molecule has 2 saturated heterocycles. The molecule has 10 heteroatoms. The molecular weight excluding hydrogens is 378 g/mol. The Morgan fingerprint density at radius 2 is 2.15 bits per heavy atom. The van der Waals surface area contributed by atoms with E-state index in [2.05, 4.69) is 0 Å². The number of rotatable bonds is 2. The van der Waals surface area contributed by atoms with Gasteiger partial charge in [-0.2, -0.15) is 0 Å². The van der Waals surface area contributed by atoms with Gasteiger partial charge in [0.1, 0.15) is 5.75 Å². The van der Waals surface area contributed by atoms with E-state index < -0.39 is 22.1 Å². The Balaban J connectivity index is 1.65. The summed E-state index contributed by atoms with van der Waals surface area (Å²) in [7, 11) is -3.69. The van der Waals surface area contributed by atoms with Crippen LogP contribution < -0.4 is 9.64 Å². The molecule has 0 spiro atoms. The number of carbonyl (C=O) groups is 1. The van der Waals surface area contributed by atoms with Crippen LogP contribution in [-0.4, -0.2) is 61.4 Å². The first-order chi connectivity index (χ1) is 12.4. The zero-order valence-corrected chi connectivity index (χ0v) is 15.8. The molecule has 1 aromatic heterocycles. The molecule has 3 atom stereocenters. The lowest BCUT2D eigenvalue weighted by molar-refractivity contribution is 0.109. The first kappa shape index (κ1) is 16.3. The molecule has 5 rings (SSSR count). The number of sulfonamides is 1. The SMILES string of the molecule is C[C@H]1OC[C@H]2[C@@H]1N(c1nc3c4c(ccc3s1)OCC4)C(=O)N2S(C)(=O)=O. The summed E-state index contributed by atoms with van der Waals surface area (Å²) in [5, 5.41) is 0.504. The van der Waals surface area contributed by atoms with Crippen molar-refractivity contribution in [2.75, 3.05) is 24.4 Å². The van der Waals surface area contributed by atoms with Crippen LogP contribution in [0.3, 0.4) is 0 Å². The van der Waals surface area contributed by atoms with Crippen molar-refractivity contribution in [2.45, 2.75) is 31.5 Å². The molecule has 8 nitrogen and oxygen atoms in total. The van der Waals surface area contributed by atoms with Gasteiger partial charge < -0.3 is 9.47 Å². The smallest absolute Gasteiger partial charge is 0.340 e. The third kappa shape index (κ3) is 2.12. The molecule has 0 bridgehead atoms. The highest BCUT2D eigenvalue weighted by molar-refractivity contribution is 7.89. The standard InChI is InChI=1S/C16H17N3O5S2/c1-8-14-10(7-24-8)19(26(2,21)22)16(20)18(14)15-17-13-9-5-6-23-11(9)3-4-12(13)25-15/h3-4,8,10,14H,5-7H2,1-2H3/t8-,10+,14-/m1/s1. The van der Waals surface area contributed by atoms with E-state index in [9.17, 15) is 13.2 Å². The van der Waals surface area contributed by atoms with Crippen molar-refractivity contribution in [3.05, 3.63) is 17.7 Å². The Hall–Kier alpha value is -1.91. The minimum atomic E-state index is -3.69. The van der Waals surface area contributed by atoms with Crippen LogP contribution in [0.25, 0.3) is 10.2 Å². The van der Waals surface area contributed by atoms with Crippen molar-refractivity contribution in [3.8, 4) is 5.75 Å². The Bertz CT molecular complexity index is 1030. The third-order valence-corrected chi connectivity index (χ3v) is 7.34. The van der Waals surface area contributed by atoms with Gasteiger partial charge in [0.25, 0.3) is 0 Å². The van der Waals surface area contributed by atoms with Gasteiger partial charge in [-0.05, 0) is 19.1 Å². The van der Waals surface area contributed by atoms with Crippen LogP contribution in [0.1, 0.15) is 12.5 Å². The lowest BCUT2D eigenvalue weighted by Crippen LogP contribution is -2.40. The topological polar surface area (TPSA) is 89.0 Å². The minimum absolute atomic E-state index is 0.204. The second-order valence-electron chi connectivity index (χ2n) is 6.79. The summed E-state index contributed by atoms with van der Waals surface area (Å²) >= 11 is 1.39. The van der Waals surface area contributed by atoms with Crippen molar-refractivity contribution >= 4 is 42.7 Å². The van der Waals surface area contributed by atoms with Gasteiger partial charge in [-0.1, -0.05) is 11.3 Å². The molecule has 26 heavy (non-hydrogen) atoms. The summed E-state index contributed by atoms with van der Waals surface area (Å²) in [6.07, 6.45) is 1.57. The first-order valence-corrected chi connectivity index (χ1v) is 11.0. The zero-order valence-electron chi connectivity index (χ0n) is 14.2. The van der Waals surface area contributed by atoms with E-state index in [1.54, 1.807) is 0 Å². The fourth-order valence-corrected chi connectivity index (χ4v) is 6.17. The van der Waals surface area contributed by atoms with Gasteiger partial charge >= 0.3 is 6.03 Å². The number of nitrogens with zero attached hydrogens (tertiary/aromatic N) is 3. The van der Waals surface area contributed by atoms with Crippen LogP contribution >= 0.6 is 11.3 Å². The van der Waals surface area contributed by atoms with Crippen LogP contribution in [0.4, 0.5) is 9.93 Å². The zero-order chi connectivity index (χ0) is 18.2. The maximum atomic E-state index is 13.0. The summed E-state index contributed by atoms with van der Waals surface area (Å²) in [6, 6.07) is 2.41. The minimum Gasteiger partial charge on any atom is -0.493 e. The average Bonchev–Trinajstić information content (AvgIpc) is 3.29. The van der Waals surface area contributed by atoms with E-state index in [1.807, 2.05) is 19.1 Å². The van der Waals surface area contributed by atoms with Crippen LogP contribution in [0.2, 0.25) is 0 Å². The first-order valence-electron chi connectivity index (χ1n) is 8.35. The summed E-state index contributed by atoms with van der Waals surface area (Å²) in [5.74, 6) is 0.829. The monoisotopic (exact) mass is 395 g/mol. The number of ether oxygens (including phenoxy) is 2. The maximum Gasteiger partial charge on any atom is 0.340 e. The number of benzene rings is 1. The fourth-order valence-electron chi connectivity index (χ4n) is 4.08. The van der Waals surface area contributed by atoms with Gasteiger partial charge in [-0.3, -0.25) is 4.90 Å². The summed E-state index contributed by atoms with van der Waals surface area (Å²) in [5.41, 5.74) is 1.87. The molecule has 2 aromatic rings. The molecule has 2 fully saturated rings. The van der Waals surface area contributed by atoms with E-state index in [-0.39, 0.29) is 18.8 Å². The second-order valence-corrected chi connectivity index (χ2v) is 9.66. The van der Waals surface area contributed by atoms with E-state index in [0.717, 1.165) is 38.5 Å². The molecule has 0 aliphatic carbocycles. The Labute approximate surface area is 154 Å². The summed E-state index contributed by atoms with van der Waals surface area (Å²) in [4.78, 5) is 19.2. The van der Waals surface area contributed by atoms with E-state index in [1.165, 1.54) is 16.2 Å². The van der Waals surface area contributed by atoms with Crippen LogP contribution in [-0.2, 0) is 21.2 Å². The van der Waals surface area contributed by atoms with Gasteiger partial charge in [0, 0.05) is 12.0 Å². The molecular formula is C16H17N3O5S2. The highest BCUT2D eigenvalue weighted by Gasteiger charge is 2.57. The molecule has 0 saturated carbocycles. The summed E-state index contributed by atoms with van der Waals surface area (Å²) < 4.78 is 37.5. The number of hydrogen-bond acceptors (Lipinski definition) is 7. The highest BCUT2D eigenvalue weighted by atomic mass is 32.2. The van der Waals surface area contributed by atoms with E-state index >= 15 is 0 Å². The van der Waals surface area contributed by atoms with Gasteiger partial charge in [0.15, 0.2) is 5.13 Å². The number of urea groups is 1. The second kappa shape index (κ2) is 5.30. The lowest BCUT2D eigenvalue weighted by atomic mass is 10.1. The van der Waals surface area contributed by atoms with Crippen molar-refractivity contribution in [1.29, 1.82) is 0 Å². The number of anilines is 1. The molecule has 3 aliphatic rings. The van der Waals surface area contributed by atoms with E-state index in [0.29, 0.717) is 11.7 Å². The van der Waals surface area contributed by atoms with Crippen molar-refractivity contribution in [2.24, 2.45) is 0 Å². The molecule has 0 N–H and O–H groups in total. The van der Waals surface area contributed by atoms with Crippen molar-refractivity contribution in [1.82, 2.24) is 9.29 Å². The fraction of sp³-hybridized carbons (Fsp3) is 0.500. The van der Waals surface area contributed by atoms with Gasteiger partial charge in [-0.15, -0.1) is 0 Å². The van der Waals surface area contributed by atoms with Crippen molar-refractivity contribution in [3.63, 3.8) is 0 Å². The number of aromatic nitrogens is 1. The van der Waals surface area contributed by atoms with Crippen LogP contribution in [0.15, 0.2) is 12.1 Å². The molecule has 138 valence electrons. The molecule has 1 aromatic carbocycles. The Morgan fingerprint density at radius 3 is 2.92 bits per heavy atom. The highest BCUT2D eigenvalue weighted by Crippen LogP contribution is 2.42. The number of thiazole rings is 1. The predicted molar refractivity (Wildman–Crippen MR) is 96.4 cm³/mol. The largest absolute Gasteiger partial charge is 0.493 e. The van der Waals surface area contributed by atoms with Gasteiger partial charge in [-0.25, -0.2) is 22.5 Å². The quantitative estimate of drug-likeness (QED) is 0.767. The normalized spacial score (nSPS) is 27.9. The molecule has 0 unspecified atom stereocenters. The average molecular weight is 395 g/mol. The van der Waals surface area contributed by atoms with Crippen LogP contribution in [0, 0.1) is 0 Å². The molecule has 4 heterocycles. The maximum absolute atomic E-state index is 13.0. The van der Waals surface area contributed by atoms with Crippen LogP contribution in [0.5, 0.6) is 5.75 Å². The third-order valence-electron chi connectivity index (χ3n) is 5.18. The van der Waals surface area contributed by atoms with Crippen molar-refractivity contribution < 1.29 is 22.7 Å². The predicted octanol–water partition coefficient (Wildman–Crippen LogP) is 1.59. The number of amides is 2. The lowest BCUT2D eigenvalue weighted by Gasteiger charge is -2.21. The number of hydrogen-bond donors (Lipinski definition) is 0. The number of fused-ring (bicyclic) bond motifs is 4. The Kier molecular flexibility index (Phi) is 3.32. The van der Waals surface area contributed by atoms with Gasteiger partial charge in [0.2, 0.25) is 10.0 Å². The molecule has 2 amide bonds. The Morgan fingerprint density at radius 1 is 1.35 bits per heavy atom. The molecule has 0 radical (unpaired) electrons. The molecule has 3 aliphatic heterocycles. The number of carbonyl (C=O) groups excluding carboxylic acids is 1.